The summed E-state index contributed by atoms with van der Waals surface area (Å²) in [6, 6.07) is 4.93. The maximum atomic E-state index is 14.5. The first-order valence-corrected chi connectivity index (χ1v) is 15.6. The molecule has 0 radical (unpaired) electrons. The Labute approximate surface area is 277 Å². The van der Waals surface area contributed by atoms with Gasteiger partial charge in [-0.3, -0.25) is 9.59 Å². The van der Waals surface area contributed by atoms with Gasteiger partial charge in [0.25, 0.3) is 5.91 Å². The van der Waals surface area contributed by atoms with E-state index in [-0.39, 0.29) is 30.3 Å². The third-order valence-electron chi connectivity index (χ3n) is 7.88. The van der Waals surface area contributed by atoms with E-state index in [1.165, 1.54) is 34.7 Å². The summed E-state index contributed by atoms with van der Waals surface area (Å²) in [6.45, 7) is 0.679. The van der Waals surface area contributed by atoms with Crippen LogP contribution in [0, 0.1) is 11.6 Å². The summed E-state index contributed by atoms with van der Waals surface area (Å²) in [6.07, 6.45) is -5.31. The fraction of sp³-hybridized carbons (Fsp3) is 0.429. The second kappa shape index (κ2) is 13.7. The van der Waals surface area contributed by atoms with Crippen molar-refractivity contribution < 1.29 is 43.2 Å². The number of benzene rings is 2. The molecule has 12 nitrogen and oxygen atoms in total. The topological polar surface area (TPSA) is 150 Å². The molecule has 5 unspecified atom stereocenters. The molecule has 2 amide bonds. The van der Waals surface area contributed by atoms with Crippen molar-refractivity contribution in [3.05, 3.63) is 62.1 Å². The lowest BCUT2D eigenvalue weighted by atomic mass is 9.91. The molecule has 3 aromatic rings. The first-order chi connectivity index (χ1) is 21.3. The van der Waals surface area contributed by atoms with Crippen molar-refractivity contribution in [2.24, 2.45) is 0 Å². The zero-order chi connectivity index (χ0) is 32.7. The average molecular weight is 780 g/mol. The minimum absolute atomic E-state index is 0.00753. The molecule has 45 heavy (non-hydrogen) atoms. The Morgan fingerprint density at radius 2 is 1.78 bits per heavy atom. The Bertz CT molecular complexity index is 1560. The quantitative estimate of drug-likeness (QED) is 0.308. The van der Waals surface area contributed by atoms with Gasteiger partial charge in [-0.05, 0) is 30.3 Å². The number of carbonyl (C=O) groups is 2. The van der Waals surface area contributed by atoms with Crippen LogP contribution in [-0.2, 0) is 19.1 Å². The number of ether oxygens (including phenoxy) is 2. The van der Waals surface area contributed by atoms with Crippen molar-refractivity contribution in [2.45, 2.75) is 49.5 Å². The number of aliphatic hydroxyl groups is 3. The van der Waals surface area contributed by atoms with Crippen LogP contribution in [0.15, 0.2) is 45.5 Å². The van der Waals surface area contributed by atoms with Gasteiger partial charge < -0.3 is 34.6 Å². The number of anilines is 1. The molecule has 0 bridgehead atoms. The monoisotopic (exact) mass is 777 g/mol. The van der Waals surface area contributed by atoms with Crippen LogP contribution in [0.3, 0.4) is 0 Å². The standard InChI is InChI=1S/C28H28Br2ClF2N5O7/c1-12(40)36-9-20(21(41)10-36)38(16-6-14(29)5-15(30)7-16)28(43)27-26(44-2)24(25(42)22(11-39)45-27)37-8-19(34-35-37)13-3-17(32)23(31)18(33)4-13/h3-8,20-22,24-27,39,41-42H,9-11H2,1-2H3/t20-,21-,22?,24?,25?,26?,27?/m0/s1. The highest BCUT2D eigenvalue weighted by atomic mass is 79.9. The number of rotatable bonds is 7. The Kier molecular flexibility index (Phi) is 10.2. The van der Waals surface area contributed by atoms with Gasteiger partial charge in [-0.25, -0.2) is 13.5 Å². The van der Waals surface area contributed by atoms with Crippen LogP contribution >= 0.6 is 43.5 Å². The lowest BCUT2D eigenvalue weighted by molar-refractivity contribution is -0.211. The SMILES string of the molecule is COC1C(C(=O)N(c2cc(Br)cc(Br)c2)[C@H]2CN(C(C)=O)C[C@@H]2O)OC(CO)C(O)C1n1cc(-c2cc(F)c(Cl)c(F)c2)nn1. The lowest BCUT2D eigenvalue weighted by Crippen LogP contribution is -2.63. The second-order valence-electron chi connectivity index (χ2n) is 10.7. The van der Waals surface area contributed by atoms with Crippen LogP contribution in [0.4, 0.5) is 14.5 Å². The van der Waals surface area contributed by atoms with Crippen molar-refractivity contribution in [3.63, 3.8) is 0 Å². The molecule has 7 atom stereocenters. The fourth-order valence-corrected chi connectivity index (χ4v) is 7.07. The highest BCUT2D eigenvalue weighted by Gasteiger charge is 2.52. The molecule has 1 aromatic heterocycles. The Balaban J connectivity index is 1.56. The number of likely N-dealkylation sites (tertiary alicyclic amines) is 1. The van der Waals surface area contributed by atoms with Crippen LogP contribution < -0.4 is 4.90 Å². The predicted octanol–water partition coefficient (Wildman–Crippen LogP) is 2.70. The van der Waals surface area contributed by atoms with Gasteiger partial charge in [-0.2, -0.15) is 0 Å². The minimum atomic E-state index is -1.48. The summed E-state index contributed by atoms with van der Waals surface area (Å²) in [7, 11) is 1.29. The van der Waals surface area contributed by atoms with Gasteiger partial charge in [0.2, 0.25) is 5.91 Å². The van der Waals surface area contributed by atoms with Crippen molar-refractivity contribution >= 4 is 61.0 Å². The van der Waals surface area contributed by atoms with Crippen LogP contribution in [0.1, 0.15) is 13.0 Å². The molecule has 2 aromatic carbocycles. The number of hydrogen-bond acceptors (Lipinski definition) is 9. The highest BCUT2D eigenvalue weighted by Crippen LogP contribution is 2.37. The fourth-order valence-electron chi connectivity index (χ4n) is 5.70. The van der Waals surface area contributed by atoms with E-state index in [0.717, 1.165) is 12.1 Å². The predicted molar refractivity (Wildman–Crippen MR) is 163 cm³/mol. The number of amides is 2. The maximum Gasteiger partial charge on any atom is 0.259 e. The van der Waals surface area contributed by atoms with E-state index >= 15 is 0 Å². The number of methoxy groups -OCH3 is 1. The van der Waals surface area contributed by atoms with Crippen LogP contribution in [-0.4, -0.2) is 110 Å². The maximum absolute atomic E-state index is 14.5. The van der Waals surface area contributed by atoms with E-state index in [1.807, 2.05) is 0 Å². The van der Waals surface area contributed by atoms with Gasteiger partial charge >= 0.3 is 0 Å². The zero-order valence-corrected chi connectivity index (χ0v) is 27.7. The second-order valence-corrected chi connectivity index (χ2v) is 12.9. The first-order valence-electron chi connectivity index (χ1n) is 13.6. The van der Waals surface area contributed by atoms with E-state index in [2.05, 4.69) is 42.2 Å². The number of halogens is 5. The molecule has 3 N–H and O–H groups in total. The number of β-amino-alcohol motifs (C(OH)–C–C–N with tert-alkyl or cyclic N) is 1. The van der Waals surface area contributed by atoms with Crippen LogP contribution in [0.5, 0.6) is 0 Å². The van der Waals surface area contributed by atoms with E-state index in [9.17, 15) is 33.7 Å². The van der Waals surface area contributed by atoms with Gasteiger partial charge in [0, 0.05) is 47.3 Å². The first kappa shape index (κ1) is 33.8. The number of aromatic nitrogens is 3. The molecular formula is C28H28Br2ClF2N5O7. The zero-order valence-electron chi connectivity index (χ0n) is 23.7. The molecule has 2 aliphatic rings. The molecular weight excluding hydrogens is 752 g/mol. The minimum Gasteiger partial charge on any atom is -0.394 e. The smallest absolute Gasteiger partial charge is 0.259 e. The van der Waals surface area contributed by atoms with E-state index in [0.29, 0.717) is 14.6 Å². The third-order valence-corrected chi connectivity index (χ3v) is 9.15. The number of aliphatic hydroxyl groups excluding tert-OH is 3. The van der Waals surface area contributed by atoms with Crippen molar-refractivity contribution in [3.8, 4) is 11.3 Å². The molecule has 3 heterocycles. The molecule has 2 fully saturated rings. The molecule has 0 spiro atoms. The van der Waals surface area contributed by atoms with Gasteiger partial charge in [0.1, 0.15) is 46.7 Å². The number of carbonyl (C=O) groups excluding carboxylic acids is 2. The Morgan fingerprint density at radius 1 is 1.13 bits per heavy atom. The van der Waals surface area contributed by atoms with Gasteiger partial charge in [0.05, 0.1) is 24.9 Å². The third kappa shape index (κ3) is 6.65. The summed E-state index contributed by atoms with van der Waals surface area (Å²) in [5, 5.41) is 39.8. The molecule has 5 rings (SSSR count). The molecule has 242 valence electrons. The molecule has 2 saturated heterocycles. The van der Waals surface area contributed by atoms with Crippen molar-refractivity contribution in [1.82, 2.24) is 19.9 Å². The highest BCUT2D eigenvalue weighted by molar-refractivity contribution is 9.11. The summed E-state index contributed by atoms with van der Waals surface area (Å²) in [4.78, 5) is 29.5. The Morgan fingerprint density at radius 3 is 2.33 bits per heavy atom. The summed E-state index contributed by atoms with van der Waals surface area (Å²) >= 11 is 12.5. The van der Waals surface area contributed by atoms with E-state index in [4.69, 9.17) is 21.1 Å². The number of nitrogens with zero attached hydrogens (tertiary/aromatic N) is 5. The Hall–Kier alpha value is -2.57. The average Bonchev–Trinajstić information content (AvgIpc) is 3.62. The molecule has 17 heteroatoms. The van der Waals surface area contributed by atoms with Crippen molar-refractivity contribution in [1.29, 1.82) is 0 Å². The van der Waals surface area contributed by atoms with Gasteiger partial charge in [-0.1, -0.05) is 48.7 Å². The molecule has 0 saturated carbocycles. The number of hydrogen-bond donors (Lipinski definition) is 3. The van der Waals surface area contributed by atoms with Gasteiger partial charge in [-0.15, -0.1) is 5.10 Å². The van der Waals surface area contributed by atoms with E-state index < -0.39 is 71.8 Å². The lowest BCUT2D eigenvalue weighted by Gasteiger charge is -2.45. The van der Waals surface area contributed by atoms with Gasteiger partial charge in [0.15, 0.2) is 6.10 Å². The molecule has 2 aliphatic heterocycles. The van der Waals surface area contributed by atoms with E-state index in [1.54, 1.807) is 18.2 Å². The summed E-state index contributed by atoms with van der Waals surface area (Å²) in [5.74, 6) is -3.00. The van der Waals surface area contributed by atoms with Crippen LogP contribution in [0.2, 0.25) is 5.02 Å². The molecule has 0 aliphatic carbocycles. The largest absolute Gasteiger partial charge is 0.394 e. The van der Waals surface area contributed by atoms with Crippen molar-refractivity contribution in [2.75, 3.05) is 31.7 Å². The summed E-state index contributed by atoms with van der Waals surface area (Å²) in [5.41, 5.74) is 0.395. The summed E-state index contributed by atoms with van der Waals surface area (Å²) < 4.78 is 42.4. The van der Waals surface area contributed by atoms with Crippen LogP contribution in [0.25, 0.3) is 11.3 Å². The normalized spacial score (nSPS) is 26.7.